The Balaban J connectivity index is 2.47. The van der Waals surface area contributed by atoms with E-state index in [1.54, 1.807) is 44.3 Å². The van der Waals surface area contributed by atoms with Gasteiger partial charge in [-0.3, -0.25) is 9.78 Å². The predicted molar refractivity (Wildman–Crippen MR) is 77.8 cm³/mol. The number of amides is 1. The zero-order valence-corrected chi connectivity index (χ0v) is 11.8. The summed E-state index contributed by atoms with van der Waals surface area (Å²) in [4.78, 5) is 16.0. The van der Waals surface area contributed by atoms with Gasteiger partial charge in [-0.1, -0.05) is 25.5 Å². The maximum absolute atomic E-state index is 14.0. The van der Waals surface area contributed by atoms with E-state index in [1.807, 2.05) is 6.92 Å². The molecule has 3 nitrogen and oxygen atoms in total. The molecule has 0 aliphatic carbocycles. The van der Waals surface area contributed by atoms with Crippen molar-refractivity contribution >= 4 is 11.6 Å². The second-order valence-corrected chi connectivity index (χ2v) is 5.03. The number of hydrogen-bond acceptors (Lipinski definition) is 2. The fourth-order valence-corrected chi connectivity index (χ4v) is 1.82. The standard InChI is InChI=1S/C16H17FN2O/c1-10(2)16(20)19-14-5-4-8-18-15(14)12-9-11(3)6-7-13(12)17/h4-10H,1-3H3,(H,19,20). The number of nitrogens with zero attached hydrogens (tertiary/aromatic N) is 1. The normalized spacial score (nSPS) is 10.7. The van der Waals surface area contributed by atoms with Crippen molar-refractivity contribution in [1.82, 2.24) is 4.98 Å². The number of benzene rings is 1. The van der Waals surface area contributed by atoms with Gasteiger partial charge in [0.25, 0.3) is 0 Å². The van der Waals surface area contributed by atoms with Crippen LogP contribution in [0.15, 0.2) is 36.5 Å². The number of carbonyl (C=O) groups excluding carboxylic acids is 1. The van der Waals surface area contributed by atoms with E-state index >= 15 is 0 Å². The van der Waals surface area contributed by atoms with E-state index in [-0.39, 0.29) is 17.6 Å². The van der Waals surface area contributed by atoms with Gasteiger partial charge >= 0.3 is 0 Å². The number of aryl methyl sites for hydroxylation is 1. The van der Waals surface area contributed by atoms with Gasteiger partial charge in [-0.05, 0) is 31.2 Å². The summed E-state index contributed by atoms with van der Waals surface area (Å²) in [7, 11) is 0. The Morgan fingerprint density at radius 1 is 1.30 bits per heavy atom. The minimum atomic E-state index is -0.352. The summed E-state index contributed by atoms with van der Waals surface area (Å²) in [5.41, 5.74) is 2.30. The Kier molecular flexibility index (Phi) is 4.13. The van der Waals surface area contributed by atoms with Crippen molar-refractivity contribution in [3.8, 4) is 11.3 Å². The highest BCUT2D eigenvalue weighted by molar-refractivity contribution is 5.95. The van der Waals surface area contributed by atoms with Crippen LogP contribution in [0.1, 0.15) is 19.4 Å². The molecule has 1 amide bonds. The maximum atomic E-state index is 14.0. The van der Waals surface area contributed by atoms with Crippen LogP contribution in [0.2, 0.25) is 0 Å². The number of nitrogens with one attached hydrogen (secondary N) is 1. The molecular weight excluding hydrogens is 255 g/mol. The monoisotopic (exact) mass is 272 g/mol. The SMILES string of the molecule is Cc1ccc(F)c(-c2ncccc2NC(=O)C(C)C)c1. The Morgan fingerprint density at radius 3 is 2.75 bits per heavy atom. The van der Waals surface area contributed by atoms with Crippen molar-refractivity contribution in [3.05, 3.63) is 47.9 Å². The molecule has 0 unspecified atom stereocenters. The number of rotatable bonds is 3. The Morgan fingerprint density at radius 2 is 2.05 bits per heavy atom. The van der Waals surface area contributed by atoms with Crippen molar-refractivity contribution < 1.29 is 9.18 Å². The van der Waals surface area contributed by atoms with Crippen molar-refractivity contribution in [3.63, 3.8) is 0 Å². The number of aromatic nitrogens is 1. The third-order valence-electron chi connectivity index (χ3n) is 2.97. The lowest BCUT2D eigenvalue weighted by molar-refractivity contribution is -0.118. The van der Waals surface area contributed by atoms with Crippen molar-refractivity contribution in [2.24, 2.45) is 5.92 Å². The zero-order chi connectivity index (χ0) is 14.7. The van der Waals surface area contributed by atoms with E-state index in [9.17, 15) is 9.18 Å². The third-order valence-corrected chi connectivity index (χ3v) is 2.97. The Bertz CT molecular complexity index is 638. The van der Waals surface area contributed by atoms with Crippen LogP contribution in [0.3, 0.4) is 0 Å². The number of carbonyl (C=O) groups is 1. The van der Waals surface area contributed by atoms with Crippen LogP contribution in [-0.2, 0) is 4.79 Å². The predicted octanol–water partition coefficient (Wildman–Crippen LogP) is 3.79. The third kappa shape index (κ3) is 3.02. The van der Waals surface area contributed by atoms with Gasteiger partial charge in [0.05, 0.1) is 11.4 Å². The topological polar surface area (TPSA) is 42.0 Å². The van der Waals surface area contributed by atoms with Crippen molar-refractivity contribution in [2.45, 2.75) is 20.8 Å². The lowest BCUT2D eigenvalue weighted by atomic mass is 10.1. The van der Waals surface area contributed by atoms with Gasteiger partial charge in [0, 0.05) is 17.7 Å². The second-order valence-electron chi connectivity index (χ2n) is 5.03. The maximum Gasteiger partial charge on any atom is 0.226 e. The van der Waals surface area contributed by atoms with Crippen LogP contribution in [0.5, 0.6) is 0 Å². The van der Waals surface area contributed by atoms with Crippen molar-refractivity contribution in [2.75, 3.05) is 5.32 Å². The van der Waals surface area contributed by atoms with Crippen LogP contribution in [0.25, 0.3) is 11.3 Å². The molecule has 0 aliphatic rings. The van der Waals surface area contributed by atoms with Crippen LogP contribution in [-0.4, -0.2) is 10.9 Å². The summed E-state index contributed by atoms with van der Waals surface area (Å²) >= 11 is 0. The lowest BCUT2D eigenvalue weighted by Gasteiger charge is -2.12. The molecule has 4 heteroatoms. The van der Waals surface area contributed by atoms with Gasteiger partial charge in [-0.2, -0.15) is 0 Å². The number of anilines is 1. The van der Waals surface area contributed by atoms with E-state index in [1.165, 1.54) is 6.07 Å². The highest BCUT2D eigenvalue weighted by atomic mass is 19.1. The highest BCUT2D eigenvalue weighted by Gasteiger charge is 2.14. The first-order valence-corrected chi connectivity index (χ1v) is 6.51. The zero-order valence-electron chi connectivity index (χ0n) is 11.8. The Hall–Kier alpha value is -2.23. The molecule has 1 aromatic heterocycles. The summed E-state index contributed by atoms with van der Waals surface area (Å²) in [5.74, 6) is -0.618. The first kappa shape index (κ1) is 14.2. The van der Waals surface area contributed by atoms with E-state index in [2.05, 4.69) is 10.3 Å². The first-order valence-electron chi connectivity index (χ1n) is 6.51. The molecule has 0 radical (unpaired) electrons. The van der Waals surface area contributed by atoms with Gasteiger partial charge in [-0.25, -0.2) is 4.39 Å². The summed E-state index contributed by atoms with van der Waals surface area (Å²) in [6.07, 6.45) is 1.59. The van der Waals surface area contributed by atoms with Crippen LogP contribution >= 0.6 is 0 Å². The molecule has 0 bridgehead atoms. The fraction of sp³-hybridized carbons (Fsp3) is 0.250. The minimum Gasteiger partial charge on any atom is -0.324 e. The molecule has 2 aromatic rings. The van der Waals surface area contributed by atoms with Crippen LogP contribution in [0.4, 0.5) is 10.1 Å². The molecule has 0 fully saturated rings. The first-order chi connectivity index (χ1) is 9.49. The summed E-state index contributed by atoms with van der Waals surface area (Å²) in [6.45, 7) is 5.50. The number of pyridine rings is 1. The molecule has 0 aliphatic heterocycles. The number of halogens is 1. The summed E-state index contributed by atoms with van der Waals surface area (Å²) in [6, 6.07) is 8.28. The molecule has 20 heavy (non-hydrogen) atoms. The molecule has 104 valence electrons. The average molecular weight is 272 g/mol. The van der Waals surface area contributed by atoms with Gasteiger partial charge in [0.1, 0.15) is 5.82 Å². The van der Waals surface area contributed by atoms with Crippen LogP contribution < -0.4 is 5.32 Å². The minimum absolute atomic E-state index is 0.118. The van der Waals surface area contributed by atoms with Crippen molar-refractivity contribution in [1.29, 1.82) is 0 Å². The quantitative estimate of drug-likeness (QED) is 0.923. The molecule has 2 rings (SSSR count). The van der Waals surface area contributed by atoms with E-state index in [4.69, 9.17) is 0 Å². The fourth-order valence-electron chi connectivity index (χ4n) is 1.82. The smallest absolute Gasteiger partial charge is 0.226 e. The molecule has 1 N–H and O–H groups in total. The molecule has 0 saturated carbocycles. The largest absolute Gasteiger partial charge is 0.324 e. The van der Waals surface area contributed by atoms with Gasteiger partial charge in [-0.15, -0.1) is 0 Å². The average Bonchev–Trinajstić information content (AvgIpc) is 2.42. The van der Waals surface area contributed by atoms with E-state index in [0.29, 0.717) is 16.9 Å². The molecule has 0 atom stereocenters. The van der Waals surface area contributed by atoms with Gasteiger partial charge in [0.15, 0.2) is 0 Å². The van der Waals surface area contributed by atoms with Crippen LogP contribution in [0, 0.1) is 18.7 Å². The summed E-state index contributed by atoms with van der Waals surface area (Å²) < 4.78 is 14.0. The van der Waals surface area contributed by atoms with Gasteiger partial charge < -0.3 is 5.32 Å². The Labute approximate surface area is 117 Å². The summed E-state index contributed by atoms with van der Waals surface area (Å²) in [5, 5.41) is 2.79. The van der Waals surface area contributed by atoms with E-state index in [0.717, 1.165) is 5.56 Å². The highest BCUT2D eigenvalue weighted by Crippen LogP contribution is 2.28. The molecular formula is C16H17FN2O. The molecule has 0 saturated heterocycles. The van der Waals surface area contributed by atoms with Gasteiger partial charge in [0.2, 0.25) is 5.91 Å². The van der Waals surface area contributed by atoms with E-state index < -0.39 is 0 Å². The molecule has 1 aromatic carbocycles. The molecule has 1 heterocycles. The number of hydrogen-bond donors (Lipinski definition) is 1. The lowest BCUT2D eigenvalue weighted by Crippen LogP contribution is -2.18. The molecule has 0 spiro atoms. The second kappa shape index (κ2) is 5.82.